The number of anilines is 3. The van der Waals surface area contributed by atoms with Gasteiger partial charge in [-0.25, -0.2) is 15.4 Å². The molecule has 0 radical (unpaired) electrons. The van der Waals surface area contributed by atoms with E-state index in [2.05, 4.69) is 26.1 Å². The molecule has 1 aromatic heterocycles. The Balaban J connectivity index is 2.37. The minimum atomic E-state index is -0.528. The van der Waals surface area contributed by atoms with Crippen LogP contribution in [0.3, 0.4) is 0 Å². The Bertz CT molecular complexity index is 760. The van der Waals surface area contributed by atoms with Gasteiger partial charge < -0.3 is 5.32 Å². The van der Waals surface area contributed by atoms with Gasteiger partial charge in [-0.1, -0.05) is 11.6 Å². The second kappa shape index (κ2) is 6.98. The fraction of sp³-hybridized carbons (Fsp3) is 0.333. The molecule has 0 bridgehead atoms. The van der Waals surface area contributed by atoms with Crippen LogP contribution in [0.1, 0.15) is 26.3 Å². The quantitative estimate of drug-likeness (QED) is 0.556. The van der Waals surface area contributed by atoms with Crippen molar-refractivity contribution in [1.82, 2.24) is 15.4 Å². The molecule has 0 saturated heterocycles. The molecule has 8 nitrogen and oxygen atoms in total. The van der Waals surface area contributed by atoms with Gasteiger partial charge in [0.25, 0.3) is 0 Å². The van der Waals surface area contributed by atoms with Gasteiger partial charge in [-0.15, -0.1) is 0 Å². The van der Waals surface area contributed by atoms with Gasteiger partial charge in [0.2, 0.25) is 11.6 Å². The van der Waals surface area contributed by atoms with Gasteiger partial charge in [0.05, 0.1) is 4.92 Å². The topological polar surface area (TPSA) is 105 Å². The zero-order chi connectivity index (χ0) is 17.9. The van der Waals surface area contributed by atoms with E-state index in [-0.39, 0.29) is 22.9 Å². The number of nitrogens with one attached hydrogen (secondary N) is 3. The standard InChI is InChI=1S/C15H19ClN6O2/c1-9-7-10(16)5-6-11(9)19-13-12(22(23)24)14(18-8-17-13)20-21-15(2,3)4/h5-8,21H,1-4H3,(H2,17,18,19,20). The number of rotatable bonds is 5. The monoisotopic (exact) mass is 350 g/mol. The predicted molar refractivity (Wildman–Crippen MR) is 94.7 cm³/mol. The summed E-state index contributed by atoms with van der Waals surface area (Å²) in [6, 6.07) is 5.20. The number of hydrazine groups is 1. The van der Waals surface area contributed by atoms with Gasteiger partial charge in [0.1, 0.15) is 6.33 Å². The second-order valence-corrected chi connectivity index (χ2v) is 6.70. The first-order valence-electron chi connectivity index (χ1n) is 7.23. The Morgan fingerprint density at radius 2 is 1.88 bits per heavy atom. The molecule has 0 aliphatic heterocycles. The van der Waals surface area contributed by atoms with Crippen LogP contribution in [0.25, 0.3) is 0 Å². The lowest BCUT2D eigenvalue weighted by molar-refractivity contribution is -0.383. The van der Waals surface area contributed by atoms with Gasteiger partial charge in [-0.2, -0.15) is 0 Å². The highest BCUT2D eigenvalue weighted by atomic mass is 35.5. The van der Waals surface area contributed by atoms with Crippen LogP contribution in [0, 0.1) is 17.0 Å². The third-order valence-corrected chi connectivity index (χ3v) is 3.24. The van der Waals surface area contributed by atoms with Crippen LogP contribution >= 0.6 is 11.6 Å². The molecule has 0 aliphatic rings. The van der Waals surface area contributed by atoms with Crippen molar-refractivity contribution < 1.29 is 4.92 Å². The Morgan fingerprint density at radius 1 is 1.21 bits per heavy atom. The van der Waals surface area contributed by atoms with E-state index in [1.54, 1.807) is 18.2 Å². The molecule has 3 N–H and O–H groups in total. The molecule has 2 aromatic rings. The average molecular weight is 351 g/mol. The molecule has 2 rings (SSSR count). The summed E-state index contributed by atoms with van der Waals surface area (Å²) in [6.07, 6.45) is 1.26. The summed E-state index contributed by atoms with van der Waals surface area (Å²) in [7, 11) is 0. The number of nitro groups is 1. The first-order chi connectivity index (χ1) is 11.2. The van der Waals surface area contributed by atoms with Crippen LogP contribution in [-0.2, 0) is 0 Å². The molecule has 128 valence electrons. The normalized spacial score (nSPS) is 11.2. The van der Waals surface area contributed by atoms with Crippen molar-refractivity contribution in [3.63, 3.8) is 0 Å². The van der Waals surface area contributed by atoms with Gasteiger partial charge in [0.15, 0.2) is 0 Å². The minimum Gasteiger partial charge on any atom is -0.334 e. The molecule has 24 heavy (non-hydrogen) atoms. The number of nitrogens with zero attached hydrogens (tertiary/aromatic N) is 3. The van der Waals surface area contributed by atoms with E-state index in [1.165, 1.54) is 6.33 Å². The highest BCUT2D eigenvalue weighted by Crippen LogP contribution is 2.32. The number of hydrogen-bond acceptors (Lipinski definition) is 7. The highest BCUT2D eigenvalue weighted by molar-refractivity contribution is 6.30. The predicted octanol–water partition coefficient (Wildman–Crippen LogP) is 3.81. The molecule has 0 unspecified atom stereocenters. The van der Waals surface area contributed by atoms with Crippen LogP contribution in [0.2, 0.25) is 5.02 Å². The van der Waals surface area contributed by atoms with Gasteiger partial charge >= 0.3 is 5.69 Å². The van der Waals surface area contributed by atoms with Crippen LogP contribution in [-0.4, -0.2) is 20.4 Å². The maximum atomic E-state index is 11.5. The number of aryl methyl sites for hydroxylation is 1. The van der Waals surface area contributed by atoms with Crippen molar-refractivity contribution in [3.05, 3.63) is 45.2 Å². The third-order valence-electron chi connectivity index (χ3n) is 3.00. The zero-order valence-electron chi connectivity index (χ0n) is 13.8. The van der Waals surface area contributed by atoms with Crippen molar-refractivity contribution in [2.75, 3.05) is 10.7 Å². The van der Waals surface area contributed by atoms with Crippen LogP contribution < -0.4 is 16.2 Å². The summed E-state index contributed by atoms with van der Waals surface area (Å²) >= 11 is 5.93. The van der Waals surface area contributed by atoms with Crippen molar-refractivity contribution in [2.24, 2.45) is 0 Å². The highest BCUT2D eigenvalue weighted by Gasteiger charge is 2.24. The molecule has 0 aliphatic carbocycles. The minimum absolute atomic E-state index is 0.0824. The Morgan fingerprint density at radius 3 is 2.46 bits per heavy atom. The van der Waals surface area contributed by atoms with E-state index in [1.807, 2.05) is 27.7 Å². The summed E-state index contributed by atoms with van der Waals surface area (Å²) in [6.45, 7) is 7.61. The lowest BCUT2D eigenvalue weighted by atomic mass is 10.1. The number of aromatic nitrogens is 2. The summed E-state index contributed by atoms with van der Waals surface area (Å²) in [5, 5.41) is 15.1. The second-order valence-electron chi connectivity index (χ2n) is 6.26. The molecular weight excluding hydrogens is 332 g/mol. The maximum absolute atomic E-state index is 11.5. The molecular formula is C15H19ClN6O2. The largest absolute Gasteiger partial charge is 0.354 e. The zero-order valence-corrected chi connectivity index (χ0v) is 14.6. The van der Waals surface area contributed by atoms with Crippen molar-refractivity contribution in [1.29, 1.82) is 0 Å². The van der Waals surface area contributed by atoms with Crippen LogP contribution in [0.15, 0.2) is 24.5 Å². The molecule has 0 saturated carbocycles. The summed E-state index contributed by atoms with van der Waals surface area (Å²) in [5.74, 6) is 0.178. The SMILES string of the molecule is Cc1cc(Cl)ccc1Nc1ncnc(NNC(C)(C)C)c1[N+](=O)[O-]. The Labute approximate surface area is 144 Å². The van der Waals surface area contributed by atoms with Crippen LogP contribution in [0.4, 0.5) is 23.0 Å². The first-order valence-corrected chi connectivity index (χ1v) is 7.61. The number of halogens is 1. The van der Waals surface area contributed by atoms with Gasteiger partial charge in [0, 0.05) is 16.2 Å². The summed E-state index contributed by atoms with van der Waals surface area (Å²) < 4.78 is 0. The fourth-order valence-electron chi connectivity index (χ4n) is 1.88. The molecule has 1 heterocycles. The van der Waals surface area contributed by atoms with Crippen molar-refractivity contribution in [2.45, 2.75) is 33.2 Å². The number of hydrogen-bond donors (Lipinski definition) is 3. The smallest absolute Gasteiger partial charge is 0.334 e. The van der Waals surface area contributed by atoms with E-state index < -0.39 is 4.92 Å². The number of benzene rings is 1. The Hall–Kier alpha value is -2.45. The van der Waals surface area contributed by atoms with Gasteiger partial charge in [-0.05, 0) is 51.5 Å². The molecule has 0 atom stereocenters. The van der Waals surface area contributed by atoms with E-state index in [9.17, 15) is 10.1 Å². The van der Waals surface area contributed by atoms with E-state index in [0.29, 0.717) is 10.7 Å². The maximum Gasteiger partial charge on any atom is 0.354 e. The van der Waals surface area contributed by atoms with E-state index in [4.69, 9.17) is 11.6 Å². The van der Waals surface area contributed by atoms with E-state index in [0.717, 1.165) is 5.56 Å². The van der Waals surface area contributed by atoms with Crippen molar-refractivity contribution >= 4 is 34.6 Å². The average Bonchev–Trinajstić information content (AvgIpc) is 2.47. The van der Waals surface area contributed by atoms with Crippen molar-refractivity contribution in [3.8, 4) is 0 Å². The molecule has 0 amide bonds. The van der Waals surface area contributed by atoms with E-state index >= 15 is 0 Å². The summed E-state index contributed by atoms with van der Waals surface area (Å²) in [4.78, 5) is 18.9. The molecule has 0 fully saturated rings. The molecule has 0 spiro atoms. The molecule has 9 heteroatoms. The fourth-order valence-corrected chi connectivity index (χ4v) is 2.10. The molecule has 1 aromatic carbocycles. The Kier molecular flexibility index (Phi) is 5.20. The lowest BCUT2D eigenvalue weighted by Gasteiger charge is -2.21. The summed E-state index contributed by atoms with van der Waals surface area (Å²) in [5.41, 5.74) is 6.72. The first kappa shape index (κ1) is 17.9. The van der Waals surface area contributed by atoms with Crippen LogP contribution in [0.5, 0.6) is 0 Å². The lowest BCUT2D eigenvalue weighted by Crippen LogP contribution is -2.40. The van der Waals surface area contributed by atoms with Gasteiger partial charge in [-0.3, -0.25) is 15.5 Å². The third kappa shape index (κ3) is 4.53.